The Kier molecular flexibility index (Phi) is 4.15. The molecule has 0 aliphatic carbocycles. The molecule has 0 radical (unpaired) electrons. The Balaban J connectivity index is 1.97. The highest BCUT2D eigenvalue weighted by Gasteiger charge is 2.15. The predicted octanol–water partition coefficient (Wildman–Crippen LogP) is 2.55. The highest BCUT2D eigenvalue weighted by atomic mass is 16.5. The van der Waals surface area contributed by atoms with Crippen LogP contribution in [0.1, 0.15) is 27.8 Å². The van der Waals surface area contributed by atoms with E-state index in [1.54, 1.807) is 25.1 Å². The van der Waals surface area contributed by atoms with Crippen LogP contribution in [0.25, 0.3) is 10.9 Å². The first-order valence-electron chi connectivity index (χ1n) is 7.27. The number of rotatable bonds is 4. The van der Waals surface area contributed by atoms with Crippen LogP contribution in [-0.4, -0.2) is 23.5 Å². The number of hydrogen-bond acceptors (Lipinski definition) is 5. The molecule has 1 aromatic carbocycles. The Bertz CT molecular complexity index is 957. The molecular formula is C17H14N2O5. The molecule has 0 aliphatic heterocycles. The van der Waals surface area contributed by atoms with Crippen molar-refractivity contribution in [2.75, 3.05) is 11.9 Å². The zero-order chi connectivity index (χ0) is 17.1. The highest BCUT2D eigenvalue weighted by Crippen LogP contribution is 2.16. The molecule has 7 nitrogen and oxygen atoms in total. The van der Waals surface area contributed by atoms with E-state index in [2.05, 4.69) is 10.3 Å². The highest BCUT2D eigenvalue weighted by molar-refractivity contribution is 6.03. The molecule has 0 bridgehead atoms. The number of esters is 1. The largest absolute Gasteiger partial charge is 0.462 e. The number of anilines is 1. The van der Waals surface area contributed by atoms with Gasteiger partial charge >= 0.3 is 5.97 Å². The second-order valence-corrected chi connectivity index (χ2v) is 4.94. The average Bonchev–Trinajstić information content (AvgIpc) is 3.10. The van der Waals surface area contributed by atoms with Crippen molar-refractivity contribution in [2.45, 2.75) is 6.92 Å². The van der Waals surface area contributed by atoms with Crippen molar-refractivity contribution >= 4 is 28.5 Å². The summed E-state index contributed by atoms with van der Waals surface area (Å²) < 4.78 is 9.88. The molecule has 7 heteroatoms. The van der Waals surface area contributed by atoms with Gasteiger partial charge in [0.15, 0.2) is 5.76 Å². The topological polar surface area (TPSA) is 101 Å². The fourth-order valence-corrected chi connectivity index (χ4v) is 2.26. The molecule has 0 aliphatic rings. The molecule has 2 aromatic heterocycles. The smallest absolute Gasteiger partial charge is 0.343 e. The quantitative estimate of drug-likeness (QED) is 0.717. The minimum absolute atomic E-state index is 0.0844. The first-order valence-corrected chi connectivity index (χ1v) is 7.27. The van der Waals surface area contributed by atoms with Gasteiger partial charge in [-0.05, 0) is 37.3 Å². The number of benzene rings is 1. The zero-order valence-corrected chi connectivity index (χ0v) is 12.8. The molecule has 0 spiro atoms. The number of hydrogen-bond donors (Lipinski definition) is 2. The number of amides is 1. The van der Waals surface area contributed by atoms with Crippen LogP contribution < -0.4 is 10.7 Å². The normalized spacial score (nSPS) is 10.5. The Morgan fingerprint density at radius 3 is 2.83 bits per heavy atom. The van der Waals surface area contributed by atoms with Gasteiger partial charge in [0.05, 0.1) is 12.9 Å². The number of carbonyl (C=O) groups excluding carboxylic acids is 2. The van der Waals surface area contributed by atoms with Crippen LogP contribution in [0.5, 0.6) is 0 Å². The number of carbonyl (C=O) groups is 2. The summed E-state index contributed by atoms with van der Waals surface area (Å²) in [6.07, 6.45) is 2.72. The zero-order valence-electron chi connectivity index (χ0n) is 12.8. The second-order valence-electron chi connectivity index (χ2n) is 4.94. The summed E-state index contributed by atoms with van der Waals surface area (Å²) in [6.45, 7) is 1.84. The van der Waals surface area contributed by atoms with Gasteiger partial charge in [-0.3, -0.25) is 9.59 Å². The third-order valence-electron chi connectivity index (χ3n) is 3.38. The number of nitrogens with one attached hydrogen (secondary N) is 2. The van der Waals surface area contributed by atoms with E-state index in [0.717, 1.165) is 0 Å². The number of pyridine rings is 1. The van der Waals surface area contributed by atoms with E-state index in [9.17, 15) is 14.4 Å². The van der Waals surface area contributed by atoms with Crippen LogP contribution in [-0.2, 0) is 4.74 Å². The summed E-state index contributed by atoms with van der Waals surface area (Å²) in [4.78, 5) is 39.1. The number of aromatic amines is 1. The summed E-state index contributed by atoms with van der Waals surface area (Å²) >= 11 is 0. The number of ether oxygens (including phenoxy) is 1. The minimum Gasteiger partial charge on any atom is -0.462 e. The molecular weight excluding hydrogens is 312 g/mol. The summed E-state index contributed by atoms with van der Waals surface area (Å²) in [5.41, 5.74) is 0.412. The maximum atomic E-state index is 12.5. The van der Waals surface area contributed by atoms with Gasteiger partial charge in [0.25, 0.3) is 5.91 Å². The van der Waals surface area contributed by atoms with E-state index in [-0.39, 0.29) is 23.3 Å². The van der Waals surface area contributed by atoms with Gasteiger partial charge < -0.3 is 19.5 Å². The van der Waals surface area contributed by atoms with Crippen LogP contribution in [0.4, 0.5) is 5.69 Å². The fourth-order valence-electron chi connectivity index (χ4n) is 2.26. The molecule has 0 atom stereocenters. The van der Waals surface area contributed by atoms with E-state index in [4.69, 9.17) is 9.15 Å². The molecule has 0 saturated carbocycles. The van der Waals surface area contributed by atoms with Crippen molar-refractivity contribution in [3.8, 4) is 0 Å². The van der Waals surface area contributed by atoms with Crippen molar-refractivity contribution in [1.82, 2.24) is 4.98 Å². The van der Waals surface area contributed by atoms with Crippen LogP contribution in [0.3, 0.4) is 0 Å². The van der Waals surface area contributed by atoms with Gasteiger partial charge in [-0.25, -0.2) is 4.79 Å². The van der Waals surface area contributed by atoms with Gasteiger partial charge in [0.2, 0.25) is 5.43 Å². The monoisotopic (exact) mass is 326 g/mol. The molecule has 122 valence electrons. The molecule has 1 amide bonds. The lowest BCUT2D eigenvalue weighted by Crippen LogP contribution is -2.18. The number of H-pyrrole nitrogens is 1. The second kappa shape index (κ2) is 6.41. The average molecular weight is 326 g/mol. The third kappa shape index (κ3) is 2.91. The van der Waals surface area contributed by atoms with Crippen LogP contribution >= 0.6 is 0 Å². The molecule has 2 N–H and O–H groups in total. The molecule has 2 heterocycles. The Morgan fingerprint density at radius 2 is 2.12 bits per heavy atom. The molecule has 0 saturated heterocycles. The number of furan rings is 1. The summed E-state index contributed by atoms with van der Waals surface area (Å²) in [5, 5.41) is 2.91. The van der Waals surface area contributed by atoms with E-state index in [0.29, 0.717) is 11.2 Å². The lowest BCUT2D eigenvalue weighted by atomic mass is 10.1. The summed E-state index contributed by atoms with van der Waals surface area (Å²) in [5.74, 6) is -0.965. The van der Waals surface area contributed by atoms with E-state index in [1.165, 1.54) is 24.6 Å². The maximum Gasteiger partial charge on any atom is 0.343 e. The fraction of sp³-hybridized carbons (Fsp3) is 0.118. The molecule has 24 heavy (non-hydrogen) atoms. The van der Waals surface area contributed by atoms with Crippen LogP contribution in [0.15, 0.2) is 52.0 Å². The molecule has 0 fully saturated rings. The first-order chi connectivity index (χ1) is 11.6. The van der Waals surface area contributed by atoms with Gasteiger partial charge in [-0.15, -0.1) is 0 Å². The van der Waals surface area contributed by atoms with Gasteiger partial charge in [0, 0.05) is 22.8 Å². The van der Waals surface area contributed by atoms with Crippen molar-refractivity contribution < 1.29 is 18.7 Å². The van der Waals surface area contributed by atoms with Crippen molar-refractivity contribution in [1.29, 1.82) is 0 Å². The number of fused-ring (bicyclic) bond motifs is 1. The lowest BCUT2D eigenvalue weighted by Gasteiger charge is -2.06. The van der Waals surface area contributed by atoms with E-state index >= 15 is 0 Å². The SMILES string of the molecule is CCOC(=O)c1c[nH]c2ccc(NC(=O)c3ccco3)cc2c1=O. The van der Waals surface area contributed by atoms with E-state index in [1.807, 2.05) is 0 Å². The third-order valence-corrected chi connectivity index (χ3v) is 3.38. The number of aromatic nitrogens is 1. The van der Waals surface area contributed by atoms with Crippen molar-refractivity contribution in [2.24, 2.45) is 0 Å². The van der Waals surface area contributed by atoms with Gasteiger partial charge in [-0.1, -0.05) is 0 Å². The predicted molar refractivity (Wildman–Crippen MR) is 87.2 cm³/mol. The first kappa shape index (κ1) is 15.5. The standard InChI is InChI=1S/C17H14N2O5/c1-2-23-17(22)12-9-18-13-6-5-10(8-11(13)15(12)20)19-16(21)14-4-3-7-24-14/h3-9H,2H2,1H3,(H,18,20)(H,19,21). The van der Waals surface area contributed by atoms with Crippen LogP contribution in [0.2, 0.25) is 0 Å². The van der Waals surface area contributed by atoms with Crippen LogP contribution in [0, 0.1) is 0 Å². The molecule has 3 aromatic rings. The van der Waals surface area contributed by atoms with Crippen molar-refractivity contribution in [3.05, 3.63) is 64.3 Å². The van der Waals surface area contributed by atoms with Crippen molar-refractivity contribution in [3.63, 3.8) is 0 Å². The van der Waals surface area contributed by atoms with E-state index < -0.39 is 17.3 Å². The Hall–Kier alpha value is -3.35. The summed E-state index contributed by atoms with van der Waals surface area (Å²) in [7, 11) is 0. The van der Waals surface area contributed by atoms with Gasteiger partial charge in [0.1, 0.15) is 5.56 Å². The molecule has 0 unspecified atom stereocenters. The Morgan fingerprint density at radius 1 is 1.29 bits per heavy atom. The van der Waals surface area contributed by atoms with Gasteiger partial charge in [-0.2, -0.15) is 0 Å². The maximum absolute atomic E-state index is 12.5. The molecule has 3 rings (SSSR count). The summed E-state index contributed by atoms with van der Waals surface area (Å²) in [6, 6.07) is 7.91. The lowest BCUT2D eigenvalue weighted by molar-refractivity contribution is 0.0524. The Labute approximate surface area is 136 Å². The minimum atomic E-state index is -0.689.